The molecule has 0 aliphatic heterocycles. The van der Waals surface area contributed by atoms with Gasteiger partial charge in [-0.3, -0.25) is 4.98 Å². The number of aromatic hydroxyl groups is 1. The van der Waals surface area contributed by atoms with Crippen molar-refractivity contribution in [1.82, 2.24) is 4.98 Å². The molecule has 3 nitrogen and oxygen atoms in total. The zero-order chi connectivity index (χ0) is 15.7. The summed E-state index contributed by atoms with van der Waals surface area (Å²) in [7, 11) is 0. The number of nitrogens with zero attached hydrogens (tertiary/aromatic N) is 2. The molecule has 3 aromatic rings. The minimum absolute atomic E-state index is 0.186. The number of nitriles is 1. The number of phenols is 1. The number of rotatable bonds is 3. The summed E-state index contributed by atoms with van der Waals surface area (Å²) in [6.45, 7) is 4.24. The van der Waals surface area contributed by atoms with Gasteiger partial charge in [-0.2, -0.15) is 16.6 Å². The molecule has 0 bridgehead atoms. The van der Waals surface area contributed by atoms with Crippen LogP contribution in [0.25, 0.3) is 22.0 Å². The van der Waals surface area contributed by atoms with E-state index in [0.717, 1.165) is 34.1 Å². The SMILES string of the molecule is CC(C)Cc1nc2ccc(O)cc2c(-c2ccsc2)c1C#N. The molecule has 0 atom stereocenters. The molecular formula is C18H16N2OS. The van der Waals surface area contributed by atoms with Crippen LogP contribution in [0.15, 0.2) is 35.0 Å². The molecule has 0 fully saturated rings. The van der Waals surface area contributed by atoms with Crippen molar-refractivity contribution in [3.8, 4) is 22.9 Å². The Morgan fingerprint density at radius 3 is 2.77 bits per heavy atom. The van der Waals surface area contributed by atoms with Gasteiger partial charge in [0.1, 0.15) is 11.8 Å². The Hall–Kier alpha value is -2.38. The molecule has 0 unspecified atom stereocenters. The maximum Gasteiger partial charge on any atom is 0.116 e. The van der Waals surface area contributed by atoms with Gasteiger partial charge >= 0.3 is 0 Å². The van der Waals surface area contributed by atoms with Crippen LogP contribution in [0.1, 0.15) is 25.1 Å². The summed E-state index contributed by atoms with van der Waals surface area (Å²) in [5.74, 6) is 0.607. The first kappa shape index (κ1) is 14.6. The number of benzene rings is 1. The number of hydrogen-bond donors (Lipinski definition) is 1. The van der Waals surface area contributed by atoms with Gasteiger partial charge in [0.05, 0.1) is 16.8 Å². The van der Waals surface area contributed by atoms with E-state index in [4.69, 9.17) is 0 Å². The highest BCUT2D eigenvalue weighted by Gasteiger charge is 2.18. The molecule has 0 aliphatic carbocycles. The topological polar surface area (TPSA) is 56.9 Å². The Bertz CT molecular complexity index is 861. The summed E-state index contributed by atoms with van der Waals surface area (Å²) in [4.78, 5) is 4.67. The summed E-state index contributed by atoms with van der Waals surface area (Å²) in [6.07, 6.45) is 0.761. The highest BCUT2D eigenvalue weighted by Crippen LogP contribution is 2.36. The molecule has 4 heteroatoms. The van der Waals surface area contributed by atoms with Crippen LogP contribution >= 0.6 is 11.3 Å². The Labute approximate surface area is 133 Å². The van der Waals surface area contributed by atoms with Crippen molar-refractivity contribution in [1.29, 1.82) is 5.26 Å². The Morgan fingerprint density at radius 1 is 1.32 bits per heavy atom. The standard InChI is InChI=1S/C18H16N2OS/c1-11(2)7-17-15(9-19)18(12-5-6-22-10-12)14-8-13(21)3-4-16(14)20-17/h3-6,8,10-11,21H,7H2,1-2H3. The minimum atomic E-state index is 0.186. The first-order valence-corrected chi connectivity index (χ1v) is 8.12. The van der Waals surface area contributed by atoms with E-state index in [1.54, 1.807) is 23.5 Å². The third kappa shape index (κ3) is 2.56. The number of thiophene rings is 1. The lowest BCUT2D eigenvalue weighted by molar-refractivity contribution is 0.476. The van der Waals surface area contributed by atoms with Crippen LogP contribution < -0.4 is 0 Å². The van der Waals surface area contributed by atoms with E-state index in [9.17, 15) is 10.4 Å². The van der Waals surface area contributed by atoms with Crippen LogP contribution in [-0.4, -0.2) is 10.1 Å². The van der Waals surface area contributed by atoms with E-state index in [0.29, 0.717) is 11.5 Å². The number of aromatic nitrogens is 1. The third-order valence-electron chi connectivity index (χ3n) is 3.57. The second-order valence-electron chi connectivity index (χ2n) is 5.73. The van der Waals surface area contributed by atoms with Crippen molar-refractivity contribution >= 4 is 22.2 Å². The Balaban J connectivity index is 2.40. The third-order valence-corrected chi connectivity index (χ3v) is 4.25. The molecular weight excluding hydrogens is 292 g/mol. The van der Waals surface area contributed by atoms with E-state index in [1.807, 2.05) is 22.9 Å². The summed E-state index contributed by atoms with van der Waals surface area (Å²) < 4.78 is 0. The molecule has 1 N–H and O–H groups in total. The number of fused-ring (bicyclic) bond motifs is 1. The number of phenolic OH excluding ortho intramolecular Hbond substituents is 1. The molecule has 3 rings (SSSR count). The van der Waals surface area contributed by atoms with Gasteiger partial charge in [-0.05, 0) is 52.9 Å². The van der Waals surface area contributed by atoms with Crippen LogP contribution in [0.3, 0.4) is 0 Å². The van der Waals surface area contributed by atoms with E-state index >= 15 is 0 Å². The molecule has 0 amide bonds. The highest BCUT2D eigenvalue weighted by molar-refractivity contribution is 7.08. The van der Waals surface area contributed by atoms with Gasteiger partial charge in [0, 0.05) is 10.9 Å². The monoisotopic (exact) mass is 308 g/mol. The Kier molecular flexibility index (Phi) is 3.82. The zero-order valence-corrected chi connectivity index (χ0v) is 13.3. The maximum absolute atomic E-state index is 9.82. The first-order chi connectivity index (χ1) is 10.6. The predicted octanol–water partition coefficient (Wildman–Crippen LogP) is 4.74. The molecule has 110 valence electrons. The molecule has 1 aromatic carbocycles. The number of hydrogen-bond acceptors (Lipinski definition) is 4. The van der Waals surface area contributed by atoms with Gasteiger partial charge in [-0.25, -0.2) is 0 Å². The fourth-order valence-corrected chi connectivity index (χ4v) is 3.31. The van der Waals surface area contributed by atoms with Gasteiger partial charge in [0.15, 0.2) is 0 Å². The van der Waals surface area contributed by atoms with Crippen molar-refractivity contribution in [2.24, 2.45) is 5.92 Å². The van der Waals surface area contributed by atoms with Gasteiger partial charge in [0.25, 0.3) is 0 Å². The summed E-state index contributed by atoms with van der Waals surface area (Å²) in [6, 6.07) is 9.47. The predicted molar refractivity (Wildman–Crippen MR) is 90.0 cm³/mol. The summed E-state index contributed by atoms with van der Waals surface area (Å²) >= 11 is 1.59. The first-order valence-electron chi connectivity index (χ1n) is 7.18. The van der Waals surface area contributed by atoms with Gasteiger partial charge < -0.3 is 5.11 Å². The second-order valence-corrected chi connectivity index (χ2v) is 6.51. The average Bonchev–Trinajstić information content (AvgIpc) is 2.99. The lowest BCUT2D eigenvalue weighted by Crippen LogP contribution is -2.03. The fourth-order valence-electron chi connectivity index (χ4n) is 2.66. The molecule has 0 radical (unpaired) electrons. The molecule has 0 aliphatic rings. The van der Waals surface area contributed by atoms with Crippen LogP contribution in [0.5, 0.6) is 5.75 Å². The Morgan fingerprint density at radius 2 is 2.14 bits per heavy atom. The maximum atomic E-state index is 9.82. The second kappa shape index (κ2) is 5.78. The van der Waals surface area contributed by atoms with Gasteiger partial charge in [-0.1, -0.05) is 13.8 Å². The van der Waals surface area contributed by atoms with Crippen molar-refractivity contribution in [2.45, 2.75) is 20.3 Å². The lowest BCUT2D eigenvalue weighted by Gasteiger charge is -2.13. The fraction of sp³-hybridized carbons (Fsp3) is 0.222. The van der Waals surface area contributed by atoms with Crippen molar-refractivity contribution in [3.63, 3.8) is 0 Å². The summed E-state index contributed by atoms with van der Waals surface area (Å²) in [5.41, 5.74) is 4.14. The van der Waals surface area contributed by atoms with Crippen LogP contribution in [0.4, 0.5) is 0 Å². The van der Waals surface area contributed by atoms with Crippen molar-refractivity contribution in [2.75, 3.05) is 0 Å². The van der Waals surface area contributed by atoms with Gasteiger partial charge in [-0.15, -0.1) is 0 Å². The van der Waals surface area contributed by atoms with Crippen LogP contribution in [0, 0.1) is 17.2 Å². The largest absolute Gasteiger partial charge is 0.508 e. The van der Waals surface area contributed by atoms with E-state index in [-0.39, 0.29) is 5.75 Å². The van der Waals surface area contributed by atoms with Crippen molar-refractivity contribution in [3.05, 3.63) is 46.3 Å². The van der Waals surface area contributed by atoms with E-state index in [1.165, 1.54) is 0 Å². The van der Waals surface area contributed by atoms with Crippen LogP contribution in [0.2, 0.25) is 0 Å². The van der Waals surface area contributed by atoms with Crippen molar-refractivity contribution < 1.29 is 5.11 Å². The smallest absolute Gasteiger partial charge is 0.116 e. The highest BCUT2D eigenvalue weighted by atomic mass is 32.1. The van der Waals surface area contributed by atoms with Gasteiger partial charge in [0.2, 0.25) is 0 Å². The average molecular weight is 308 g/mol. The van der Waals surface area contributed by atoms with E-state index in [2.05, 4.69) is 24.9 Å². The molecule has 0 saturated carbocycles. The van der Waals surface area contributed by atoms with Crippen LogP contribution in [-0.2, 0) is 6.42 Å². The van der Waals surface area contributed by atoms with E-state index < -0.39 is 0 Å². The normalized spacial score (nSPS) is 11.0. The minimum Gasteiger partial charge on any atom is -0.508 e. The lowest BCUT2D eigenvalue weighted by atomic mass is 9.93. The molecule has 0 saturated heterocycles. The molecule has 2 heterocycles. The zero-order valence-electron chi connectivity index (χ0n) is 12.5. The quantitative estimate of drug-likeness (QED) is 0.760. The molecule has 2 aromatic heterocycles. The molecule has 0 spiro atoms. The summed E-state index contributed by atoms with van der Waals surface area (Å²) in [5, 5.41) is 24.4. The molecule has 22 heavy (non-hydrogen) atoms. The number of pyridine rings is 1.